The fraction of sp³-hybridized carbons (Fsp3) is 0.250. The summed E-state index contributed by atoms with van der Waals surface area (Å²) in [6.45, 7) is 12.1. The van der Waals surface area contributed by atoms with Crippen LogP contribution in [0.4, 0.5) is 0 Å². The Morgan fingerprint density at radius 2 is 1.73 bits per heavy atom. The molecule has 6 rings (SSSR count). The Bertz CT molecular complexity index is 2160. The SMILES string of the molecule is CCOC(=O)C1=C(C)N=c2s/c(=C/c3cc(C)n(-c4cc(C)cc(C)c4)c3C)c(=O)n2[C@H]1c1c(OC)ccc2ccccc12. The number of thiazole rings is 1. The van der Waals surface area contributed by atoms with Crippen molar-refractivity contribution in [3.05, 3.63) is 125 Å². The van der Waals surface area contributed by atoms with Gasteiger partial charge in [0, 0.05) is 22.6 Å². The third-order valence-electron chi connectivity index (χ3n) is 8.16. The van der Waals surface area contributed by atoms with Crippen molar-refractivity contribution in [1.82, 2.24) is 9.13 Å². The highest BCUT2D eigenvalue weighted by molar-refractivity contribution is 7.07. The molecule has 0 fully saturated rings. The third-order valence-corrected chi connectivity index (χ3v) is 9.15. The zero-order chi connectivity index (χ0) is 31.3. The van der Waals surface area contributed by atoms with E-state index in [9.17, 15) is 9.59 Å². The quantitative estimate of drug-likeness (QED) is 0.223. The molecule has 0 radical (unpaired) electrons. The van der Waals surface area contributed by atoms with Crippen LogP contribution in [0, 0.1) is 27.7 Å². The van der Waals surface area contributed by atoms with Crippen LogP contribution < -0.4 is 19.6 Å². The summed E-state index contributed by atoms with van der Waals surface area (Å²) < 4.78 is 15.7. The first-order valence-corrected chi connectivity index (χ1v) is 15.5. The van der Waals surface area contributed by atoms with Crippen LogP contribution in [0.25, 0.3) is 22.5 Å². The van der Waals surface area contributed by atoms with Crippen LogP contribution in [-0.4, -0.2) is 28.8 Å². The second-order valence-electron chi connectivity index (χ2n) is 11.2. The highest BCUT2D eigenvalue weighted by atomic mass is 32.1. The number of aromatic nitrogens is 2. The number of carbonyl (C=O) groups excluding carboxylic acids is 1. The van der Waals surface area contributed by atoms with Gasteiger partial charge in [0.2, 0.25) is 0 Å². The molecule has 224 valence electrons. The van der Waals surface area contributed by atoms with Gasteiger partial charge in [-0.3, -0.25) is 9.36 Å². The van der Waals surface area contributed by atoms with Crippen LogP contribution in [0.3, 0.4) is 0 Å². The van der Waals surface area contributed by atoms with Crippen molar-refractivity contribution in [3.8, 4) is 11.4 Å². The molecule has 0 saturated carbocycles. The second kappa shape index (κ2) is 11.4. The average molecular weight is 606 g/mol. The zero-order valence-electron chi connectivity index (χ0n) is 26.0. The molecule has 44 heavy (non-hydrogen) atoms. The summed E-state index contributed by atoms with van der Waals surface area (Å²) in [6, 6.07) is 19.6. The minimum atomic E-state index is -0.781. The van der Waals surface area contributed by atoms with Crippen molar-refractivity contribution < 1.29 is 14.3 Å². The van der Waals surface area contributed by atoms with Crippen LogP contribution in [0.15, 0.2) is 81.7 Å². The van der Waals surface area contributed by atoms with Gasteiger partial charge in [-0.2, -0.15) is 0 Å². The van der Waals surface area contributed by atoms with E-state index >= 15 is 0 Å². The minimum absolute atomic E-state index is 0.204. The number of hydrogen-bond donors (Lipinski definition) is 0. The maximum Gasteiger partial charge on any atom is 0.338 e. The van der Waals surface area contributed by atoms with Crippen molar-refractivity contribution in [2.24, 2.45) is 4.99 Å². The van der Waals surface area contributed by atoms with E-state index in [2.05, 4.69) is 56.5 Å². The van der Waals surface area contributed by atoms with Crippen LogP contribution in [0.1, 0.15) is 53.5 Å². The summed E-state index contributed by atoms with van der Waals surface area (Å²) in [4.78, 5) is 33.2. The van der Waals surface area contributed by atoms with Gasteiger partial charge in [-0.05, 0) is 99.3 Å². The number of carbonyl (C=O) groups is 1. The lowest BCUT2D eigenvalue weighted by molar-refractivity contribution is -0.139. The summed E-state index contributed by atoms with van der Waals surface area (Å²) in [5.41, 5.74) is 7.89. The number of benzene rings is 3. The Kier molecular flexibility index (Phi) is 7.63. The molecule has 0 bridgehead atoms. The predicted octanol–water partition coefficient (Wildman–Crippen LogP) is 5.98. The lowest BCUT2D eigenvalue weighted by Crippen LogP contribution is -2.40. The van der Waals surface area contributed by atoms with E-state index in [1.54, 1.807) is 25.5 Å². The molecule has 5 aromatic rings. The van der Waals surface area contributed by atoms with Gasteiger partial charge in [0.25, 0.3) is 5.56 Å². The lowest BCUT2D eigenvalue weighted by atomic mass is 9.90. The zero-order valence-corrected chi connectivity index (χ0v) is 26.8. The normalized spacial score (nSPS) is 15.0. The molecule has 0 saturated heterocycles. The number of nitrogens with zero attached hydrogens (tertiary/aromatic N) is 3. The van der Waals surface area contributed by atoms with E-state index in [1.165, 1.54) is 22.5 Å². The van der Waals surface area contributed by atoms with E-state index in [1.807, 2.05) is 42.5 Å². The van der Waals surface area contributed by atoms with E-state index in [-0.39, 0.29) is 12.2 Å². The first-order chi connectivity index (χ1) is 21.1. The molecule has 3 aromatic carbocycles. The van der Waals surface area contributed by atoms with Gasteiger partial charge in [0.15, 0.2) is 4.80 Å². The fourth-order valence-corrected chi connectivity index (χ4v) is 7.39. The maximum atomic E-state index is 14.4. The van der Waals surface area contributed by atoms with Gasteiger partial charge in [-0.25, -0.2) is 9.79 Å². The van der Waals surface area contributed by atoms with Gasteiger partial charge in [-0.15, -0.1) is 0 Å². The van der Waals surface area contributed by atoms with Crippen LogP contribution in [-0.2, 0) is 9.53 Å². The Labute approximate surface area is 260 Å². The van der Waals surface area contributed by atoms with Crippen LogP contribution in [0.5, 0.6) is 5.75 Å². The molecule has 1 aliphatic rings. The standard InChI is InChI=1S/C36H35N3O4S/c1-8-43-35(41)31-23(5)37-36-39(33(31)32-28-12-10-9-11-25(28)13-14-29(32)42-7)34(40)30(44-36)19-26-18-22(4)38(24(26)6)27-16-20(2)15-21(3)17-27/h9-19,33H,8H2,1-7H3/b30-19+/t33-/m1/s1. The summed E-state index contributed by atoms with van der Waals surface area (Å²) in [5, 5.41) is 1.86. The van der Waals surface area contributed by atoms with Crippen molar-refractivity contribution in [1.29, 1.82) is 0 Å². The first-order valence-electron chi connectivity index (χ1n) is 14.7. The molecular formula is C36H35N3O4S. The molecule has 1 atom stereocenters. The molecule has 2 aromatic heterocycles. The Balaban J connectivity index is 1.61. The van der Waals surface area contributed by atoms with E-state index in [4.69, 9.17) is 14.5 Å². The maximum absolute atomic E-state index is 14.4. The molecule has 8 heteroatoms. The van der Waals surface area contributed by atoms with Crippen LogP contribution in [0.2, 0.25) is 0 Å². The molecular weight excluding hydrogens is 570 g/mol. The van der Waals surface area contributed by atoms with Gasteiger partial charge in [0.05, 0.1) is 29.5 Å². The van der Waals surface area contributed by atoms with E-state index < -0.39 is 12.0 Å². The smallest absolute Gasteiger partial charge is 0.338 e. The fourth-order valence-electron chi connectivity index (χ4n) is 6.35. The highest BCUT2D eigenvalue weighted by Gasteiger charge is 2.36. The largest absolute Gasteiger partial charge is 0.496 e. The molecule has 0 spiro atoms. The lowest BCUT2D eigenvalue weighted by Gasteiger charge is -2.27. The molecule has 1 aliphatic heterocycles. The van der Waals surface area contributed by atoms with Crippen molar-refractivity contribution >= 4 is 34.2 Å². The topological polar surface area (TPSA) is 74.8 Å². The number of methoxy groups -OCH3 is 1. The minimum Gasteiger partial charge on any atom is -0.496 e. The summed E-state index contributed by atoms with van der Waals surface area (Å²) in [7, 11) is 1.60. The third kappa shape index (κ3) is 4.89. The molecule has 3 heterocycles. The number of hydrogen-bond acceptors (Lipinski definition) is 6. The highest BCUT2D eigenvalue weighted by Crippen LogP contribution is 2.40. The van der Waals surface area contributed by atoms with Crippen molar-refractivity contribution in [3.63, 3.8) is 0 Å². The molecule has 0 N–H and O–H groups in total. The Morgan fingerprint density at radius 3 is 2.43 bits per heavy atom. The Morgan fingerprint density at radius 1 is 1.00 bits per heavy atom. The number of allylic oxidation sites excluding steroid dienone is 1. The number of rotatable bonds is 6. The van der Waals surface area contributed by atoms with Crippen molar-refractivity contribution in [2.45, 2.75) is 47.6 Å². The Hall–Kier alpha value is -4.69. The number of aryl methyl sites for hydroxylation is 3. The number of fused-ring (bicyclic) bond motifs is 2. The van der Waals surface area contributed by atoms with Gasteiger partial charge in [0.1, 0.15) is 11.8 Å². The summed E-state index contributed by atoms with van der Waals surface area (Å²) in [5.74, 6) is 0.0804. The van der Waals surface area contributed by atoms with Gasteiger partial charge in [-0.1, -0.05) is 47.7 Å². The van der Waals surface area contributed by atoms with Gasteiger partial charge < -0.3 is 14.0 Å². The van der Waals surface area contributed by atoms with Crippen molar-refractivity contribution in [2.75, 3.05) is 13.7 Å². The molecule has 0 aliphatic carbocycles. The molecule has 7 nitrogen and oxygen atoms in total. The molecule has 0 unspecified atom stereocenters. The predicted molar refractivity (Wildman–Crippen MR) is 176 cm³/mol. The number of esters is 1. The van der Waals surface area contributed by atoms with E-state index in [0.29, 0.717) is 26.4 Å². The average Bonchev–Trinajstić information content (AvgIpc) is 3.44. The monoisotopic (exact) mass is 605 g/mol. The van der Waals surface area contributed by atoms with E-state index in [0.717, 1.165) is 39.0 Å². The first kappa shape index (κ1) is 29.4. The van der Waals surface area contributed by atoms with Crippen LogP contribution >= 0.6 is 11.3 Å². The summed E-state index contributed by atoms with van der Waals surface area (Å²) in [6.07, 6.45) is 1.94. The second-order valence-corrected chi connectivity index (χ2v) is 12.2. The molecule has 0 amide bonds. The number of ether oxygens (including phenoxy) is 2. The summed E-state index contributed by atoms with van der Waals surface area (Å²) >= 11 is 1.32. The van der Waals surface area contributed by atoms with Gasteiger partial charge >= 0.3 is 5.97 Å².